The molecule has 2 heterocycles. The van der Waals surface area contributed by atoms with Crippen LogP contribution in [0, 0.1) is 0 Å². The van der Waals surface area contributed by atoms with E-state index in [1.165, 1.54) is 0 Å². The summed E-state index contributed by atoms with van der Waals surface area (Å²) in [6.07, 6.45) is 0.734. The first-order valence-corrected chi connectivity index (χ1v) is 6.15. The van der Waals surface area contributed by atoms with E-state index < -0.39 is 5.97 Å². The summed E-state index contributed by atoms with van der Waals surface area (Å²) in [6, 6.07) is 9.45. The Labute approximate surface area is 110 Å². The van der Waals surface area contributed by atoms with Gasteiger partial charge in [0.1, 0.15) is 0 Å². The zero-order valence-corrected chi connectivity index (χ0v) is 10.3. The van der Waals surface area contributed by atoms with Crippen LogP contribution in [0.25, 0.3) is 11.4 Å². The minimum atomic E-state index is -1.00. The first-order valence-electron chi connectivity index (χ1n) is 6.15. The minimum Gasteiger partial charge on any atom is -0.476 e. The summed E-state index contributed by atoms with van der Waals surface area (Å²) >= 11 is 0. The second-order valence-electron chi connectivity index (χ2n) is 4.42. The van der Waals surface area contributed by atoms with Gasteiger partial charge in [0.15, 0.2) is 11.5 Å². The number of hydrogen-bond acceptors (Lipinski definition) is 4. The van der Waals surface area contributed by atoms with Crippen molar-refractivity contribution in [2.24, 2.45) is 0 Å². The molecule has 2 aromatic rings. The summed E-state index contributed by atoms with van der Waals surface area (Å²) in [5.41, 5.74) is 2.49. The summed E-state index contributed by atoms with van der Waals surface area (Å²) in [6.45, 7) is 1.34. The van der Waals surface area contributed by atoms with Crippen LogP contribution in [0.15, 0.2) is 30.3 Å². The van der Waals surface area contributed by atoms with E-state index in [9.17, 15) is 9.90 Å². The van der Waals surface area contributed by atoms with Crippen LogP contribution in [-0.4, -0.2) is 27.6 Å². The molecule has 0 amide bonds. The van der Waals surface area contributed by atoms with Crippen molar-refractivity contribution in [1.82, 2.24) is 15.3 Å². The maximum Gasteiger partial charge on any atom is 0.354 e. The van der Waals surface area contributed by atoms with Crippen LogP contribution in [0.1, 0.15) is 21.7 Å². The van der Waals surface area contributed by atoms with Gasteiger partial charge in [-0.1, -0.05) is 30.3 Å². The third-order valence-corrected chi connectivity index (χ3v) is 3.17. The number of carboxylic acid groups (broad SMARTS) is 1. The third-order valence-electron chi connectivity index (χ3n) is 3.17. The SMILES string of the molecule is O=C(O)c1nc(-c2ccccc2)nc2c1CNCC2. The van der Waals surface area contributed by atoms with Crippen molar-refractivity contribution in [2.75, 3.05) is 6.54 Å². The molecule has 3 rings (SSSR count). The molecule has 2 N–H and O–H groups in total. The van der Waals surface area contributed by atoms with Crippen molar-refractivity contribution in [3.05, 3.63) is 47.3 Å². The molecule has 5 heteroatoms. The van der Waals surface area contributed by atoms with Gasteiger partial charge < -0.3 is 10.4 Å². The molecule has 0 radical (unpaired) electrons. The van der Waals surface area contributed by atoms with Gasteiger partial charge in [-0.05, 0) is 0 Å². The molecule has 0 fully saturated rings. The van der Waals surface area contributed by atoms with Crippen molar-refractivity contribution in [2.45, 2.75) is 13.0 Å². The molecule has 19 heavy (non-hydrogen) atoms. The number of nitrogens with zero attached hydrogens (tertiary/aromatic N) is 2. The molecular weight excluding hydrogens is 242 g/mol. The van der Waals surface area contributed by atoms with Gasteiger partial charge in [-0.3, -0.25) is 0 Å². The fourth-order valence-corrected chi connectivity index (χ4v) is 2.24. The lowest BCUT2D eigenvalue weighted by Gasteiger charge is -2.18. The molecule has 0 atom stereocenters. The molecule has 0 unspecified atom stereocenters. The number of hydrogen-bond donors (Lipinski definition) is 2. The maximum atomic E-state index is 11.3. The number of rotatable bonds is 2. The van der Waals surface area contributed by atoms with Crippen LogP contribution in [-0.2, 0) is 13.0 Å². The van der Waals surface area contributed by atoms with Gasteiger partial charge in [0, 0.05) is 30.6 Å². The van der Waals surface area contributed by atoms with Crippen molar-refractivity contribution >= 4 is 5.97 Å². The standard InChI is InChI=1S/C14H13N3O2/c18-14(19)12-10-8-15-7-6-11(10)16-13(17-12)9-4-2-1-3-5-9/h1-5,15H,6-8H2,(H,18,19). The number of carbonyl (C=O) groups is 1. The fraction of sp³-hybridized carbons (Fsp3) is 0.214. The Morgan fingerprint density at radius 1 is 1.21 bits per heavy atom. The van der Waals surface area contributed by atoms with Crippen LogP contribution in [0.4, 0.5) is 0 Å². The lowest BCUT2D eigenvalue weighted by Crippen LogP contribution is -2.28. The Hall–Kier alpha value is -2.27. The Morgan fingerprint density at radius 2 is 2.00 bits per heavy atom. The highest BCUT2D eigenvalue weighted by molar-refractivity contribution is 5.88. The van der Waals surface area contributed by atoms with Crippen LogP contribution in [0.3, 0.4) is 0 Å². The van der Waals surface area contributed by atoms with Crippen molar-refractivity contribution in [1.29, 1.82) is 0 Å². The monoisotopic (exact) mass is 255 g/mol. The van der Waals surface area contributed by atoms with Crippen molar-refractivity contribution < 1.29 is 9.90 Å². The van der Waals surface area contributed by atoms with E-state index in [1.807, 2.05) is 30.3 Å². The second kappa shape index (κ2) is 4.78. The Morgan fingerprint density at radius 3 is 2.74 bits per heavy atom. The van der Waals surface area contributed by atoms with Crippen LogP contribution < -0.4 is 5.32 Å². The molecule has 0 spiro atoms. The number of carboxylic acids is 1. The molecule has 1 aromatic carbocycles. The number of aromatic nitrogens is 2. The Kier molecular flexibility index (Phi) is 2.97. The molecule has 0 saturated carbocycles. The molecular formula is C14H13N3O2. The third kappa shape index (κ3) is 2.20. The van der Waals surface area contributed by atoms with Gasteiger partial charge in [0.2, 0.25) is 0 Å². The zero-order chi connectivity index (χ0) is 13.2. The Balaban J connectivity index is 2.17. The predicted octanol–water partition coefficient (Wildman–Crippen LogP) is 1.49. The number of benzene rings is 1. The van der Waals surface area contributed by atoms with Crippen LogP contribution >= 0.6 is 0 Å². The Bertz CT molecular complexity index is 626. The smallest absolute Gasteiger partial charge is 0.354 e. The highest BCUT2D eigenvalue weighted by atomic mass is 16.4. The molecule has 1 aromatic heterocycles. The van der Waals surface area contributed by atoms with Gasteiger partial charge in [0.05, 0.1) is 5.69 Å². The lowest BCUT2D eigenvalue weighted by atomic mass is 10.0. The van der Waals surface area contributed by atoms with Gasteiger partial charge in [-0.25, -0.2) is 14.8 Å². The molecule has 1 aliphatic rings. The molecule has 0 saturated heterocycles. The van der Waals surface area contributed by atoms with Crippen molar-refractivity contribution in [3.8, 4) is 11.4 Å². The van der Waals surface area contributed by atoms with Crippen LogP contribution in [0.2, 0.25) is 0 Å². The van der Waals surface area contributed by atoms with Crippen molar-refractivity contribution in [3.63, 3.8) is 0 Å². The van der Waals surface area contributed by atoms with Gasteiger partial charge in [-0.15, -0.1) is 0 Å². The minimum absolute atomic E-state index is 0.107. The summed E-state index contributed by atoms with van der Waals surface area (Å²) in [5.74, 6) is -0.516. The lowest BCUT2D eigenvalue weighted by molar-refractivity contribution is 0.0688. The molecule has 0 bridgehead atoms. The molecule has 5 nitrogen and oxygen atoms in total. The van der Waals surface area contributed by atoms with E-state index in [0.717, 1.165) is 24.2 Å². The number of fused-ring (bicyclic) bond motifs is 1. The molecule has 1 aliphatic heterocycles. The highest BCUT2D eigenvalue weighted by Gasteiger charge is 2.21. The average Bonchev–Trinajstić information content (AvgIpc) is 2.47. The molecule has 96 valence electrons. The fourth-order valence-electron chi connectivity index (χ4n) is 2.24. The zero-order valence-electron chi connectivity index (χ0n) is 10.3. The highest BCUT2D eigenvalue weighted by Crippen LogP contribution is 2.21. The largest absolute Gasteiger partial charge is 0.476 e. The summed E-state index contributed by atoms with van der Waals surface area (Å²) in [4.78, 5) is 20.1. The van der Waals surface area contributed by atoms with E-state index in [0.29, 0.717) is 17.9 Å². The van der Waals surface area contributed by atoms with Gasteiger partial charge in [0.25, 0.3) is 0 Å². The van der Waals surface area contributed by atoms with E-state index in [4.69, 9.17) is 0 Å². The summed E-state index contributed by atoms with van der Waals surface area (Å²) in [5, 5.41) is 12.4. The molecule has 0 aliphatic carbocycles. The predicted molar refractivity (Wildman–Crippen MR) is 69.8 cm³/mol. The van der Waals surface area contributed by atoms with Gasteiger partial charge in [-0.2, -0.15) is 0 Å². The second-order valence-corrected chi connectivity index (χ2v) is 4.42. The van der Waals surface area contributed by atoms with Gasteiger partial charge >= 0.3 is 5.97 Å². The van der Waals surface area contributed by atoms with E-state index in [2.05, 4.69) is 15.3 Å². The number of aromatic carboxylic acids is 1. The normalized spacial score (nSPS) is 13.9. The summed E-state index contributed by atoms with van der Waals surface area (Å²) in [7, 11) is 0. The average molecular weight is 255 g/mol. The first kappa shape index (κ1) is 11.8. The number of nitrogens with one attached hydrogen (secondary N) is 1. The summed E-state index contributed by atoms with van der Waals surface area (Å²) < 4.78 is 0. The quantitative estimate of drug-likeness (QED) is 0.850. The van der Waals surface area contributed by atoms with Crippen LogP contribution in [0.5, 0.6) is 0 Å². The van der Waals surface area contributed by atoms with E-state index in [-0.39, 0.29) is 5.69 Å². The topological polar surface area (TPSA) is 75.1 Å². The maximum absolute atomic E-state index is 11.3. The first-order chi connectivity index (χ1) is 9.25. The van der Waals surface area contributed by atoms with E-state index >= 15 is 0 Å². The van der Waals surface area contributed by atoms with E-state index in [1.54, 1.807) is 0 Å².